The van der Waals surface area contributed by atoms with Crippen molar-refractivity contribution in [2.45, 2.75) is 12.6 Å². The summed E-state index contributed by atoms with van der Waals surface area (Å²) < 4.78 is 17.0. The van der Waals surface area contributed by atoms with Gasteiger partial charge >= 0.3 is 8.80 Å². The molecule has 14 heavy (non-hydrogen) atoms. The zero-order valence-electron chi connectivity index (χ0n) is 10.1. The Morgan fingerprint density at radius 2 is 1.21 bits per heavy atom. The first kappa shape index (κ1) is 16.9. The van der Waals surface area contributed by atoms with Gasteiger partial charge in [0.1, 0.15) is 0 Å². The highest BCUT2D eigenvalue weighted by molar-refractivity contribution is 6.61. The Hall–Kier alpha value is 0.537. The van der Waals surface area contributed by atoms with Crippen LogP contribution >= 0.6 is 0 Å². The summed E-state index contributed by atoms with van der Waals surface area (Å²) >= 11 is 0. The van der Waals surface area contributed by atoms with E-state index in [1.165, 1.54) is 0 Å². The van der Waals surface area contributed by atoms with Crippen molar-refractivity contribution >= 4 is 8.80 Å². The first-order chi connectivity index (χ1) is 5.84. The number of nitrogens with zero attached hydrogens (tertiary/aromatic N) is 1. The summed E-state index contributed by atoms with van der Waals surface area (Å²) in [6, 6.07) is 0. The third-order valence-corrected chi connectivity index (χ3v) is 6.03. The molecule has 0 aromatic rings. The van der Waals surface area contributed by atoms with Crippen molar-refractivity contribution in [2.24, 2.45) is 0 Å². The van der Waals surface area contributed by atoms with E-state index in [1.807, 2.05) is 0 Å². The highest BCUT2D eigenvalue weighted by Crippen LogP contribution is 2.18. The highest BCUT2D eigenvalue weighted by Gasteiger charge is 2.52. The minimum atomic E-state index is -2.48. The summed E-state index contributed by atoms with van der Waals surface area (Å²) in [5.74, 6) is 0. The molecule has 0 aliphatic heterocycles. The molecule has 4 nitrogen and oxygen atoms in total. The van der Waals surface area contributed by atoms with Gasteiger partial charge in [-0.15, -0.1) is 0 Å². The molecule has 0 heterocycles. The van der Waals surface area contributed by atoms with Crippen LogP contribution in [0.1, 0.15) is 6.92 Å². The molecule has 0 N–H and O–H groups in total. The van der Waals surface area contributed by atoms with Crippen molar-refractivity contribution in [3.05, 3.63) is 0 Å². The van der Waals surface area contributed by atoms with Crippen LogP contribution in [-0.4, -0.2) is 61.4 Å². The van der Waals surface area contributed by atoms with Crippen LogP contribution in [0.2, 0.25) is 0 Å². The fourth-order valence-corrected chi connectivity index (χ4v) is 3.71. The van der Waals surface area contributed by atoms with Gasteiger partial charge in [0.2, 0.25) is 0 Å². The van der Waals surface area contributed by atoms with Crippen LogP contribution in [0.25, 0.3) is 0 Å². The van der Waals surface area contributed by atoms with E-state index in [4.69, 9.17) is 13.3 Å². The zero-order chi connectivity index (χ0) is 10.7. The SMILES string of the molecule is CO[Si](OC)(OC)C(C)[N+](C)(C)C.[Br-]. The predicted octanol–water partition coefficient (Wildman–Crippen LogP) is -2.50. The fraction of sp³-hybridized carbons (Fsp3) is 1.00. The lowest BCUT2D eigenvalue weighted by atomic mass is 10.6. The average Bonchev–Trinajstić information content (AvgIpc) is 2.07. The molecule has 0 saturated heterocycles. The van der Waals surface area contributed by atoms with Gasteiger partial charge in [-0.3, -0.25) is 0 Å². The number of hydrogen-bond acceptors (Lipinski definition) is 3. The van der Waals surface area contributed by atoms with Crippen LogP contribution < -0.4 is 17.0 Å². The summed E-state index contributed by atoms with van der Waals surface area (Å²) in [5, 5.41) is 0. The van der Waals surface area contributed by atoms with Gasteiger partial charge in [-0.1, -0.05) is 0 Å². The average molecular weight is 288 g/mol. The van der Waals surface area contributed by atoms with Crippen molar-refractivity contribution in [1.29, 1.82) is 0 Å². The van der Waals surface area contributed by atoms with Gasteiger partial charge in [0, 0.05) is 21.3 Å². The van der Waals surface area contributed by atoms with Crippen LogP contribution in [-0.2, 0) is 13.3 Å². The van der Waals surface area contributed by atoms with Gasteiger partial charge in [-0.2, -0.15) is 0 Å². The smallest absolute Gasteiger partial charge is 0.561 e. The van der Waals surface area contributed by atoms with E-state index in [-0.39, 0.29) is 22.6 Å². The summed E-state index contributed by atoms with van der Waals surface area (Å²) in [6.07, 6.45) is 0. The Kier molecular flexibility index (Phi) is 7.50. The molecule has 88 valence electrons. The normalized spacial score (nSPS) is 14.8. The second-order valence-corrected chi connectivity index (χ2v) is 7.28. The maximum atomic E-state index is 5.40. The Morgan fingerprint density at radius 1 is 0.929 bits per heavy atom. The molecule has 0 rings (SSSR count). The minimum Gasteiger partial charge on any atom is -1.00 e. The second-order valence-electron chi connectivity index (χ2n) is 4.01. The molecule has 0 amide bonds. The monoisotopic (exact) mass is 287 g/mol. The first-order valence-electron chi connectivity index (χ1n) is 4.30. The van der Waals surface area contributed by atoms with E-state index in [9.17, 15) is 0 Å². The van der Waals surface area contributed by atoms with Gasteiger partial charge in [-0.25, -0.2) is 0 Å². The summed E-state index contributed by atoms with van der Waals surface area (Å²) in [6.45, 7) is 2.09. The zero-order valence-corrected chi connectivity index (χ0v) is 12.7. The predicted molar refractivity (Wildman–Crippen MR) is 54.3 cm³/mol. The number of quaternary nitrogens is 1. The first-order valence-corrected chi connectivity index (χ1v) is 6.11. The maximum Gasteiger partial charge on any atom is 0.561 e. The molecule has 0 saturated carbocycles. The van der Waals surface area contributed by atoms with E-state index < -0.39 is 8.80 Å². The quantitative estimate of drug-likeness (QED) is 0.414. The third-order valence-electron chi connectivity index (χ3n) is 2.53. The molecule has 0 fully saturated rings. The highest BCUT2D eigenvalue weighted by atomic mass is 79.9. The molecule has 1 atom stereocenters. The van der Waals surface area contributed by atoms with Crippen molar-refractivity contribution in [2.75, 3.05) is 42.5 Å². The van der Waals surface area contributed by atoms with E-state index in [2.05, 4.69) is 28.1 Å². The van der Waals surface area contributed by atoms with Crippen molar-refractivity contribution in [1.82, 2.24) is 0 Å². The molecule has 0 aliphatic rings. The molecular formula is C8H22BrNO3Si. The number of hydrogen-bond donors (Lipinski definition) is 0. The summed E-state index contributed by atoms with van der Waals surface area (Å²) in [7, 11) is 8.75. The fourth-order valence-electron chi connectivity index (χ4n) is 1.24. The molecule has 0 aromatic heterocycles. The second kappa shape index (κ2) is 6.19. The molecule has 0 spiro atoms. The van der Waals surface area contributed by atoms with Gasteiger partial charge in [-0.05, 0) is 6.92 Å². The molecule has 0 bridgehead atoms. The van der Waals surface area contributed by atoms with E-state index in [1.54, 1.807) is 21.3 Å². The van der Waals surface area contributed by atoms with Crippen LogP contribution in [0.4, 0.5) is 0 Å². The van der Waals surface area contributed by atoms with Crippen molar-refractivity contribution < 1.29 is 34.7 Å². The Bertz CT molecular complexity index is 151. The molecule has 0 aliphatic carbocycles. The number of rotatable bonds is 5. The topological polar surface area (TPSA) is 27.7 Å². The molecule has 6 heteroatoms. The molecule has 1 unspecified atom stereocenters. The van der Waals surface area contributed by atoms with Gasteiger partial charge in [0.15, 0.2) is 5.67 Å². The van der Waals surface area contributed by atoms with Gasteiger partial charge in [0.25, 0.3) is 0 Å². The van der Waals surface area contributed by atoms with Gasteiger partial charge in [0.05, 0.1) is 21.1 Å². The Labute approximate surface area is 98.9 Å². The molecular weight excluding hydrogens is 266 g/mol. The lowest BCUT2D eigenvalue weighted by Crippen LogP contribution is -3.00. The summed E-state index contributed by atoms with van der Waals surface area (Å²) in [5.41, 5.74) is 0.215. The van der Waals surface area contributed by atoms with Crippen LogP contribution in [0.5, 0.6) is 0 Å². The van der Waals surface area contributed by atoms with E-state index in [0.717, 1.165) is 4.48 Å². The van der Waals surface area contributed by atoms with E-state index in [0.29, 0.717) is 0 Å². The lowest BCUT2D eigenvalue weighted by Gasteiger charge is -2.39. The van der Waals surface area contributed by atoms with Crippen molar-refractivity contribution in [3.8, 4) is 0 Å². The van der Waals surface area contributed by atoms with Crippen LogP contribution in [0.3, 0.4) is 0 Å². The largest absolute Gasteiger partial charge is 1.00 e. The van der Waals surface area contributed by atoms with E-state index >= 15 is 0 Å². The molecule has 0 radical (unpaired) electrons. The lowest BCUT2D eigenvalue weighted by molar-refractivity contribution is -0.884. The third kappa shape index (κ3) is 3.60. The standard InChI is InChI=1S/C8H22NO3Si.BrH/c1-8(9(2,3)4)13(10-5,11-6)12-7;/h8H,1-7H3;1H/q+1;/p-1. The van der Waals surface area contributed by atoms with Crippen molar-refractivity contribution in [3.63, 3.8) is 0 Å². The molecule has 0 aromatic carbocycles. The van der Waals surface area contributed by atoms with Crippen LogP contribution in [0, 0.1) is 0 Å². The van der Waals surface area contributed by atoms with Crippen LogP contribution in [0.15, 0.2) is 0 Å². The number of halogens is 1. The Balaban J connectivity index is 0. The maximum absolute atomic E-state index is 5.40. The van der Waals surface area contributed by atoms with Gasteiger partial charge < -0.3 is 34.7 Å². The summed E-state index contributed by atoms with van der Waals surface area (Å²) in [4.78, 5) is 0. The minimum absolute atomic E-state index is 0. The Morgan fingerprint density at radius 3 is 1.29 bits per heavy atom.